The Bertz CT molecular complexity index is 750. The molecule has 0 N–H and O–H groups in total. The SMILES string of the molecule is COc1ccc(S(=O)(=O)C[C@@H](SC#N)c2ccccc2)cc1. The summed E-state index contributed by atoms with van der Waals surface area (Å²) in [6.07, 6.45) is 0. The lowest BCUT2D eigenvalue weighted by Gasteiger charge is -2.14. The predicted molar refractivity (Wildman–Crippen MR) is 87.4 cm³/mol. The molecule has 0 saturated carbocycles. The molecule has 0 radical (unpaired) electrons. The summed E-state index contributed by atoms with van der Waals surface area (Å²) in [6.45, 7) is 0. The van der Waals surface area contributed by atoms with Crippen LogP contribution in [0.1, 0.15) is 10.8 Å². The maximum Gasteiger partial charge on any atom is 0.179 e. The molecule has 0 heterocycles. The third-order valence-corrected chi connectivity index (χ3v) is 5.96. The molecule has 0 spiro atoms. The van der Waals surface area contributed by atoms with Crippen LogP contribution >= 0.6 is 11.8 Å². The van der Waals surface area contributed by atoms with E-state index in [1.807, 2.05) is 35.7 Å². The van der Waals surface area contributed by atoms with Crippen molar-refractivity contribution in [1.29, 1.82) is 5.26 Å². The Morgan fingerprint density at radius 3 is 2.32 bits per heavy atom. The van der Waals surface area contributed by atoms with Crippen LogP contribution in [-0.2, 0) is 9.84 Å². The van der Waals surface area contributed by atoms with Crippen molar-refractivity contribution >= 4 is 21.6 Å². The van der Waals surface area contributed by atoms with Crippen molar-refractivity contribution in [2.45, 2.75) is 10.1 Å². The lowest BCUT2D eigenvalue weighted by Crippen LogP contribution is -2.13. The number of hydrogen-bond donors (Lipinski definition) is 0. The van der Waals surface area contributed by atoms with Gasteiger partial charge < -0.3 is 4.74 Å². The number of rotatable bonds is 6. The Balaban J connectivity index is 2.26. The third-order valence-electron chi connectivity index (χ3n) is 3.16. The molecule has 6 heteroatoms. The Morgan fingerprint density at radius 1 is 1.14 bits per heavy atom. The summed E-state index contributed by atoms with van der Waals surface area (Å²) in [7, 11) is -1.96. The summed E-state index contributed by atoms with van der Waals surface area (Å²) in [4.78, 5) is 0.229. The monoisotopic (exact) mass is 333 g/mol. The van der Waals surface area contributed by atoms with Crippen molar-refractivity contribution in [3.8, 4) is 11.2 Å². The second-order valence-corrected chi connectivity index (χ2v) is 7.59. The summed E-state index contributed by atoms with van der Waals surface area (Å²) >= 11 is 0.960. The Labute approximate surface area is 134 Å². The zero-order chi connectivity index (χ0) is 16.0. The van der Waals surface area contributed by atoms with Crippen LogP contribution in [0, 0.1) is 10.7 Å². The van der Waals surface area contributed by atoms with Crippen molar-refractivity contribution in [2.24, 2.45) is 0 Å². The second-order valence-electron chi connectivity index (χ2n) is 4.57. The summed E-state index contributed by atoms with van der Waals surface area (Å²) in [5, 5.41) is 10.5. The molecular weight excluding hydrogens is 318 g/mol. The lowest BCUT2D eigenvalue weighted by atomic mass is 10.2. The first-order valence-corrected chi connectivity index (χ1v) is 9.06. The summed E-state index contributed by atoms with van der Waals surface area (Å²) < 4.78 is 30.1. The van der Waals surface area contributed by atoms with E-state index in [0.717, 1.165) is 17.3 Å². The fourth-order valence-corrected chi connectivity index (χ4v) is 4.57. The molecule has 0 aliphatic heterocycles. The van der Waals surface area contributed by atoms with Crippen LogP contribution in [0.3, 0.4) is 0 Å². The molecule has 2 rings (SSSR count). The Hall–Kier alpha value is -1.97. The highest BCUT2D eigenvalue weighted by atomic mass is 32.2. The Morgan fingerprint density at radius 2 is 1.77 bits per heavy atom. The van der Waals surface area contributed by atoms with Crippen molar-refractivity contribution in [2.75, 3.05) is 12.9 Å². The maximum atomic E-state index is 12.5. The van der Waals surface area contributed by atoms with Crippen molar-refractivity contribution in [1.82, 2.24) is 0 Å². The average molecular weight is 333 g/mol. The minimum absolute atomic E-state index is 0.123. The first kappa shape index (κ1) is 16.4. The summed E-state index contributed by atoms with van der Waals surface area (Å²) in [6, 6.07) is 15.5. The first-order chi connectivity index (χ1) is 10.6. The van der Waals surface area contributed by atoms with Gasteiger partial charge in [-0.25, -0.2) is 8.42 Å². The highest BCUT2D eigenvalue weighted by Crippen LogP contribution is 2.31. The van der Waals surface area contributed by atoms with Gasteiger partial charge in [-0.15, -0.1) is 0 Å². The molecule has 0 saturated heterocycles. The van der Waals surface area contributed by atoms with Gasteiger partial charge in [-0.05, 0) is 41.6 Å². The van der Waals surface area contributed by atoms with E-state index in [-0.39, 0.29) is 10.6 Å². The van der Waals surface area contributed by atoms with Crippen LogP contribution in [0.25, 0.3) is 0 Å². The molecule has 0 amide bonds. The zero-order valence-electron chi connectivity index (χ0n) is 12.0. The topological polar surface area (TPSA) is 67.2 Å². The number of nitrogens with zero attached hydrogens (tertiary/aromatic N) is 1. The molecule has 2 aromatic rings. The van der Waals surface area contributed by atoms with Gasteiger partial charge in [0.15, 0.2) is 9.84 Å². The predicted octanol–water partition coefficient (Wildman–Crippen LogP) is 3.42. The normalized spacial score (nSPS) is 12.4. The molecule has 2 aromatic carbocycles. The van der Waals surface area contributed by atoms with E-state index in [4.69, 9.17) is 10.00 Å². The highest BCUT2D eigenvalue weighted by molar-refractivity contribution is 8.04. The third kappa shape index (κ3) is 4.03. The van der Waals surface area contributed by atoms with Crippen molar-refractivity contribution < 1.29 is 13.2 Å². The second kappa shape index (κ2) is 7.34. The van der Waals surface area contributed by atoms with E-state index in [1.54, 1.807) is 12.1 Å². The molecule has 0 fully saturated rings. The number of sulfone groups is 1. The Kier molecular flexibility index (Phi) is 5.47. The smallest absolute Gasteiger partial charge is 0.179 e. The van der Waals surface area contributed by atoms with Gasteiger partial charge in [-0.3, -0.25) is 0 Å². The van der Waals surface area contributed by atoms with Crippen LogP contribution in [-0.4, -0.2) is 21.3 Å². The number of methoxy groups -OCH3 is 1. The molecule has 22 heavy (non-hydrogen) atoms. The minimum atomic E-state index is -3.48. The number of thiocyanates is 1. The molecule has 0 bridgehead atoms. The molecule has 0 aliphatic carbocycles. The largest absolute Gasteiger partial charge is 0.497 e. The van der Waals surface area contributed by atoms with Crippen LogP contribution in [0.4, 0.5) is 0 Å². The molecule has 0 aromatic heterocycles. The zero-order valence-corrected chi connectivity index (χ0v) is 13.6. The number of thioether (sulfide) groups is 1. The molecule has 0 unspecified atom stereocenters. The van der Waals surface area contributed by atoms with E-state index in [1.165, 1.54) is 19.2 Å². The molecule has 114 valence electrons. The molecular formula is C16H15NO3S2. The van der Waals surface area contributed by atoms with E-state index in [2.05, 4.69) is 0 Å². The van der Waals surface area contributed by atoms with Gasteiger partial charge in [0.2, 0.25) is 0 Å². The van der Waals surface area contributed by atoms with Crippen molar-refractivity contribution in [3.63, 3.8) is 0 Å². The van der Waals surface area contributed by atoms with Gasteiger partial charge in [0.25, 0.3) is 0 Å². The van der Waals surface area contributed by atoms with Gasteiger partial charge in [0.1, 0.15) is 11.2 Å². The fourth-order valence-electron chi connectivity index (χ4n) is 2.01. The highest BCUT2D eigenvalue weighted by Gasteiger charge is 2.23. The van der Waals surface area contributed by atoms with E-state index in [9.17, 15) is 8.42 Å². The van der Waals surface area contributed by atoms with E-state index in [0.29, 0.717) is 5.75 Å². The average Bonchev–Trinajstić information content (AvgIpc) is 2.55. The van der Waals surface area contributed by atoms with E-state index >= 15 is 0 Å². The summed E-state index contributed by atoms with van der Waals surface area (Å²) in [5.74, 6) is 0.478. The lowest BCUT2D eigenvalue weighted by molar-refractivity contribution is 0.414. The van der Waals surface area contributed by atoms with Crippen LogP contribution < -0.4 is 4.74 Å². The quantitative estimate of drug-likeness (QED) is 0.758. The first-order valence-electron chi connectivity index (χ1n) is 6.53. The van der Waals surface area contributed by atoms with Crippen LogP contribution in [0.2, 0.25) is 0 Å². The van der Waals surface area contributed by atoms with Crippen LogP contribution in [0.15, 0.2) is 59.5 Å². The minimum Gasteiger partial charge on any atom is -0.497 e. The van der Waals surface area contributed by atoms with Gasteiger partial charge in [0, 0.05) is 0 Å². The molecule has 1 atom stereocenters. The fraction of sp³-hybridized carbons (Fsp3) is 0.188. The van der Waals surface area contributed by atoms with Crippen molar-refractivity contribution in [3.05, 3.63) is 60.2 Å². The standard InChI is InChI=1S/C16H15NO3S2/c1-20-14-7-9-15(10-8-14)22(18,19)11-16(21-12-17)13-5-3-2-4-6-13/h2-10,16H,11H2,1H3/t16-/m1/s1. The number of hydrogen-bond acceptors (Lipinski definition) is 5. The number of ether oxygens (including phenoxy) is 1. The number of benzene rings is 2. The van der Waals surface area contributed by atoms with E-state index < -0.39 is 15.1 Å². The van der Waals surface area contributed by atoms with Gasteiger partial charge in [0.05, 0.1) is 23.0 Å². The molecule has 4 nitrogen and oxygen atoms in total. The molecule has 0 aliphatic rings. The number of nitriles is 1. The van der Waals surface area contributed by atoms with Gasteiger partial charge in [-0.2, -0.15) is 5.26 Å². The summed E-state index contributed by atoms with van der Waals surface area (Å²) in [5.41, 5.74) is 0.825. The van der Waals surface area contributed by atoms with Gasteiger partial charge >= 0.3 is 0 Å². The maximum absolute atomic E-state index is 12.5. The van der Waals surface area contributed by atoms with Crippen LogP contribution in [0.5, 0.6) is 5.75 Å². The van der Waals surface area contributed by atoms with Gasteiger partial charge in [-0.1, -0.05) is 30.3 Å².